The van der Waals surface area contributed by atoms with Crippen molar-refractivity contribution in [1.29, 1.82) is 0 Å². The second-order valence-electron chi connectivity index (χ2n) is 5.29. The van der Waals surface area contributed by atoms with E-state index in [1.54, 1.807) is 6.07 Å². The first-order chi connectivity index (χ1) is 9.12. The molecule has 5 heteroatoms. The monoisotopic (exact) mass is 329 g/mol. The molecule has 1 fully saturated rings. The molecule has 104 valence electrons. The molecule has 0 saturated heterocycles. The zero-order valence-electron chi connectivity index (χ0n) is 10.7. The summed E-state index contributed by atoms with van der Waals surface area (Å²) in [5, 5.41) is 0. The van der Waals surface area contributed by atoms with Gasteiger partial charge in [-0.05, 0) is 18.9 Å². The van der Waals surface area contributed by atoms with Gasteiger partial charge in [0.15, 0.2) is 17.3 Å². The van der Waals surface area contributed by atoms with E-state index >= 15 is 0 Å². The van der Waals surface area contributed by atoms with Crippen LogP contribution in [0.25, 0.3) is 0 Å². The molecular weight excluding hydrogens is 313 g/mol. The number of rotatable bonds is 1. The summed E-state index contributed by atoms with van der Waals surface area (Å²) >= 11 is 3.44. The summed E-state index contributed by atoms with van der Waals surface area (Å²) in [6, 6.07) is 1.77. The van der Waals surface area contributed by atoms with Gasteiger partial charge in [0, 0.05) is 15.6 Å². The number of fused-ring (bicyclic) bond motifs is 1. The van der Waals surface area contributed by atoms with Crippen molar-refractivity contribution in [1.82, 2.24) is 0 Å². The molecule has 0 amide bonds. The van der Waals surface area contributed by atoms with Gasteiger partial charge in [-0.3, -0.25) is 0 Å². The third kappa shape index (κ3) is 2.23. The van der Waals surface area contributed by atoms with E-state index in [2.05, 4.69) is 15.9 Å². The summed E-state index contributed by atoms with van der Waals surface area (Å²) < 4.78 is 26.2. The molecule has 3 rings (SSSR count). The molecule has 19 heavy (non-hydrogen) atoms. The van der Waals surface area contributed by atoms with Gasteiger partial charge < -0.3 is 15.2 Å². The molecule has 1 aliphatic heterocycles. The van der Waals surface area contributed by atoms with Gasteiger partial charge in [0.1, 0.15) is 13.2 Å². The number of hydrogen-bond acceptors (Lipinski definition) is 3. The van der Waals surface area contributed by atoms with Crippen LogP contribution in [0, 0.1) is 5.82 Å². The van der Waals surface area contributed by atoms with Crippen LogP contribution in [-0.4, -0.2) is 13.2 Å². The lowest BCUT2D eigenvalue weighted by Gasteiger charge is -2.35. The first-order valence-electron chi connectivity index (χ1n) is 6.69. The molecule has 0 aromatic heterocycles. The maximum atomic E-state index is 14.7. The number of nitrogens with two attached hydrogens (primary N) is 1. The van der Waals surface area contributed by atoms with E-state index in [0.717, 1.165) is 25.7 Å². The van der Waals surface area contributed by atoms with Gasteiger partial charge in [-0.2, -0.15) is 0 Å². The number of halogens is 2. The maximum absolute atomic E-state index is 14.7. The molecule has 0 atom stereocenters. The van der Waals surface area contributed by atoms with Gasteiger partial charge in [-0.15, -0.1) is 0 Å². The predicted molar refractivity (Wildman–Crippen MR) is 74.0 cm³/mol. The van der Waals surface area contributed by atoms with Crippen LogP contribution < -0.4 is 15.2 Å². The van der Waals surface area contributed by atoms with Crippen molar-refractivity contribution in [2.75, 3.05) is 13.2 Å². The quantitative estimate of drug-likeness (QED) is 0.857. The highest BCUT2D eigenvalue weighted by Crippen LogP contribution is 2.46. The fourth-order valence-corrected chi connectivity index (χ4v) is 3.78. The van der Waals surface area contributed by atoms with Crippen molar-refractivity contribution < 1.29 is 13.9 Å². The molecule has 1 saturated carbocycles. The molecule has 0 spiro atoms. The SMILES string of the molecule is NC1(c2c(Br)cc3c(c2F)OCCO3)CCCCC1. The summed E-state index contributed by atoms with van der Waals surface area (Å²) in [6.45, 7) is 0.828. The van der Waals surface area contributed by atoms with Gasteiger partial charge >= 0.3 is 0 Å². The van der Waals surface area contributed by atoms with Crippen molar-refractivity contribution in [3.8, 4) is 11.5 Å². The third-order valence-electron chi connectivity index (χ3n) is 3.97. The Morgan fingerprint density at radius 2 is 1.84 bits per heavy atom. The van der Waals surface area contributed by atoms with E-state index in [9.17, 15) is 4.39 Å². The minimum Gasteiger partial charge on any atom is -0.486 e. The molecule has 1 aromatic rings. The van der Waals surface area contributed by atoms with Crippen molar-refractivity contribution >= 4 is 15.9 Å². The molecule has 1 aliphatic carbocycles. The predicted octanol–water partition coefficient (Wildman–Crippen LogP) is 3.48. The van der Waals surface area contributed by atoms with Gasteiger partial charge in [0.2, 0.25) is 0 Å². The second kappa shape index (κ2) is 4.94. The smallest absolute Gasteiger partial charge is 0.197 e. The molecule has 1 aromatic carbocycles. The Bertz CT molecular complexity index is 501. The highest BCUT2D eigenvalue weighted by atomic mass is 79.9. The van der Waals surface area contributed by atoms with Gasteiger partial charge in [-0.1, -0.05) is 35.2 Å². The van der Waals surface area contributed by atoms with Crippen molar-refractivity contribution in [3.63, 3.8) is 0 Å². The Balaban J connectivity index is 2.10. The van der Waals surface area contributed by atoms with Crippen LogP contribution in [0.15, 0.2) is 10.5 Å². The molecule has 2 N–H and O–H groups in total. The molecular formula is C14H17BrFNO2. The molecule has 1 heterocycles. The average molecular weight is 330 g/mol. The van der Waals surface area contributed by atoms with Crippen LogP contribution >= 0.6 is 15.9 Å². The molecule has 0 radical (unpaired) electrons. The molecule has 0 unspecified atom stereocenters. The maximum Gasteiger partial charge on any atom is 0.197 e. The summed E-state index contributed by atoms with van der Waals surface area (Å²) in [5.41, 5.74) is 6.39. The summed E-state index contributed by atoms with van der Waals surface area (Å²) in [5.74, 6) is 0.298. The van der Waals surface area contributed by atoms with Gasteiger partial charge in [0.25, 0.3) is 0 Å². The summed E-state index contributed by atoms with van der Waals surface area (Å²) in [6.07, 6.45) is 4.86. The first-order valence-corrected chi connectivity index (χ1v) is 7.48. The lowest BCUT2D eigenvalue weighted by Crippen LogP contribution is -2.40. The Morgan fingerprint density at radius 1 is 1.16 bits per heavy atom. The largest absolute Gasteiger partial charge is 0.486 e. The fourth-order valence-electron chi connectivity index (χ4n) is 3.01. The number of ether oxygens (including phenoxy) is 2. The van der Waals surface area contributed by atoms with Crippen LogP contribution in [0.5, 0.6) is 11.5 Å². The molecule has 0 bridgehead atoms. The normalized spacial score (nSPS) is 21.2. The average Bonchev–Trinajstić information content (AvgIpc) is 2.39. The fraction of sp³-hybridized carbons (Fsp3) is 0.571. The van der Waals surface area contributed by atoms with Crippen molar-refractivity contribution in [2.45, 2.75) is 37.6 Å². The Morgan fingerprint density at radius 3 is 2.58 bits per heavy atom. The van der Waals surface area contributed by atoms with Crippen molar-refractivity contribution in [3.05, 3.63) is 21.9 Å². The Kier molecular flexibility index (Phi) is 3.43. The third-order valence-corrected chi connectivity index (χ3v) is 4.60. The summed E-state index contributed by atoms with van der Waals surface area (Å²) in [7, 11) is 0. The van der Waals surface area contributed by atoms with Crippen LogP contribution in [-0.2, 0) is 5.54 Å². The standard InChI is InChI=1S/C14H17BrFNO2/c15-9-8-10-13(19-7-6-18-10)12(16)11(9)14(17)4-2-1-3-5-14/h8H,1-7,17H2. The van der Waals surface area contributed by atoms with Gasteiger partial charge in [-0.25, -0.2) is 4.39 Å². The van der Waals surface area contributed by atoms with Crippen LogP contribution in [0.1, 0.15) is 37.7 Å². The van der Waals surface area contributed by atoms with E-state index in [1.807, 2.05) is 0 Å². The minimum atomic E-state index is -0.600. The number of hydrogen-bond donors (Lipinski definition) is 1. The zero-order chi connectivity index (χ0) is 13.5. The van der Waals surface area contributed by atoms with Crippen LogP contribution in [0.4, 0.5) is 4.39 Å². The first kappa shape index (κ1) is 13.2. The summed E-state index contributed by atoms with van der Waals surface area (Å²) in [4.78, 5) is 0. The highest BCUT2D eigenvalue weighted by molar-refractivity contribution is 9.10. The second-order valence-corrected chi connectivity index (χ2v) is 6.14. The lowest BCUT2D eigenvalue weighted by molar-refractivity contribution is 0.162. The molecule has 3 nitrogen and oxygen atoms in total. The van der Waals surface area contributed by atoms with E-state index in [1.165, 1.54) is 6.42 Å². The Labute approximate surface area is 120 Å². The van der Waals surface area contributed by atoms with E-state index in [0.29, 0.717) is 29.0 Å². The zero-order valence-corrected chi connectivity index (χ0v) is 12.3. The lowest BCUT2D eigenvalue weighted by atomic mass is 9.77. The van der Waals surface area contributed by atoms with E-state index < -0.39 is 5.54 Å². The minimum absolute atomic E-state index is 0.208. The highest BCUT2D eigenvalue weighted by Gasteiger charge is 2.36. The van der Waals surface area contributed by atoms with Gasteiger partial charge in [0.05, 0.1) is 0 Å². The van der Waals surface area contributed by atoms with Crippen molar-refractivity contribution in [2.24, 2.45) is 5.73 Å². The topological polar surface area (TPSA) is 44.5 Å². The Hall–Kier alpha value is -0.810. The van der Waals surface area contributed by atoms with E-state index in [4.69, 9.17) is 15.2 Å². The number of benzene rings is 1. The van der Waals surface area contributed by atoms with Crippen LogP contribution in [0.3, 0.4) is 0 Å². The van der Waals surface area contributed by atoms with Crippen LogP contribution in [0.2, 0.25) is 0 Å². The van der Waals surface area contributed by atoms with E-state index in [-0.39, 0.29) is 11.6 Å². The molecule has 2 aliphatic rings.